The highest BCUT2D eigenvalue weighted by atomic mass is 35.5. The average molecular weight is 478 g/mol. The summed E-state index contributed by atoms with van der Waals surface area (Å²) in [5, 5.41) is 12.8. The van der Waals surface area contributed by atoms with E-state index in [0.29, 0.717) is 26.9 Å². The first-order chi connectivity index (χ1) is 14.8. The normalized spacial score (nSPS) is 11.1. The van der Waals surface area contributed by atoms with Crippen LogP contribution in [0.2, 0.25) is 15.2 Å². The molecule has 1 heterocycles. The molecule has 0 saturated carbocycles. The zero-order valence-corrected chi connectivity index (χ0v) is 18.1. The molecule has 0 aliphatic heterocycles. The van der Waals surface area contributed by atoms with E-state index in [4.69, 9.17) is 39.5 Å². The number of hydrogen-bond donors (Lipinski definition) is 2. The molecule has 0 atom stereocenters. The van der Waals surface area contributed by atoms with Crippen LogP contribution in [0.15, 0.2) is 66.5 Å². The first-order valence-electron chi connectivity index (χ1n) is 8.88. The van der Waals surface area contributed by atoms with Crippen molar-refractivity contribution in [3.63, 3.8) is 0 Å². The number of carboxylic acids is 1. The molecule has 0 spiro atoms. The highest BCUT2D eigenvalue weighted by molar-refractivity contribution is 6.36. The van der Waals surface area contributed by atoms with E-state index in [1.807, 2.05) is 0 Å². The van der Waals surface area contributed by atoms with Gasteiger partial charge in [0.15, 0.2) is 0 Å². The molecule has 0 radical (unpaired) electrons. The molecule has 2 N–H and O–H groups in total. The van der Waals surface area contributed by atoms with Gasteiger partial charge in [-0.2, -0.15) is 0 Å². The maximum Gasteiger partial charge on any atom is 0.352 e. The van der Waals surface area contributed by atoms with Crippen molar-refractivity contribution in [2.24, 2.45) is 0 Å². The Morgan fingerprint density at radius 1 is 1.00 bits per heavy atom. The zero-order valence-electron chi connectivity index (χ0n) is 15.8. The summed E-state index contributed by atoms with van der Waals surface area (Å²) in [6, 6.07) is 14.8. The summed E-state index contributed by atoms with van der Waals surface area (Å²) in [5.41, 5.74) is 0.956. The molecule has 0 bridgehead atoms. The summed E-state index contributed by atoms with van der Waals surface area (Å²) < 4.78 is 5.70. The fourth-order valence-electron chi connectivity index (χ4n) is 2.55. The van der Waals surface area contributed by atoms with Gasteiger partial charge in [0.25, 0.3) is 5.91 Å². The van der Waals surface area contributed by atoms with Crippen molar-refractivity contribution in [3.8, 4) is 5.75 Å². The van der Waals surface area contributed by atoms with Gasteiger partial charge in [0.1, 0.15) is 23.2 Å². The molecular weight excluding hydrogens is 463 g/mol. The molecule has 3 aromatic rings. The number of nitrogens with one attached hydrogen (secondary N) is 1. The molecular formula is C22H15Cl3N2O4. The number of halogens is 3. The second-order valence-corrected chi connectivity index (χ2v) is 7.39. The lowest BCUT2D eigenvalue weighted by Gasteiger charge is -2.10. The molecule has 158 valence electrons. The minimum atomic E-state index is -1.30. The van der Waals surface area contributed by atoms with Crippen LogP contribution in [-0.4, -0.2) is 22.0 Å². The molecule has 1 aromatic heterocycles. The third-order valence-electron chi connectivity index (χ3n) is 4.12. The van der Waals surface area contributed by atoms with E-state index in [-0.39, 0.29) is 23.0 Å². The molecule has 0 aliphatic rings. The largest absolute Gasteiger partial charge is 0.489 e. The van der Waals surface area contributed by atoms with Crippen LogP contribution in [0.1, 0.15) is 21.5 Å². The van der Waals surface area contributed by atoms with Gasteiger partial charge in [-0.05, 0) is 48.0 Å². The number of aliphatic carboxylic acids is 1. The highest BCUT2D eigenvalue weighted by Crippen LogP contribution is 2.26. The summed E-state index contributed by atoms with van der Waals surface area (Å²) in [4.78, 5) is 27.7. The topological polar surface area (TPSA) is 88.5 Å². The number of rotatable bonds is 7. The number of pyridine rings is 1. The molecule has 0 saturated heterocycles. The Labute approximate surface area is 193 Å². The quantitative estimate of drug-likeness (QED) is 0.348. The number of carbonyl (C=O) groups excluding carboxylic acids is 1. The summed E-state index contributed by atoms with van der Waals surface area (Å²) in [5.74, 6) is -1.44. The van der Waals surface area contributed by atoms with Gasteiger partial charge in [0, 0.05) is 21.8 Å². The van der Waals surface area contributed by atoms with Gasteiger partial charge in [-0.25, -0.2) is 9.78 Å². The van der Waals surface area contributed by atoms with Gasteiger partial charge in [-0.3, -0.25) is 4.79 Å². The van der Waals surface area contributed by atoms with Crippen molar-refractivity contribution in [1.82, 2.24) is 10.3 Å². The van der Waals surface area contributed by atoms with Gasteiger partial charge >= 0.3 is 5.97 Å². The van der Waals surface area contributed by atoms with Crippen molar-refractivity contribution in [3.05, 3.63) is 98.4 Å². The fourth-order valence-corrected chi connectivity index (χ4v) is 3.26. The Morgan fingerprint density at radius 2 is 1.68 bits per heavy atom. The number of benzene rings is 2. The van der Waals surface area contributed by atoms with Crippen molar-refractivity contribution < 1.29 is 19.4 Å². The van der Waals surface area contributed by atoms with E-state index < -0.39 is 11.9 Å². The molecule has 9 heteroatoms. The average Bonchev–Trinajstić information content (AvgIpc) is 2.74. The number of aromatic nitrogens is 1. The number of amides is 1. The zero-order chi connectivity index (χ0) is 22.4. The molecule has 6 nitrogen and oxygen atoms in total. The molecule has 2 aromatic carbocycles. The van der Waals surface area contributed by atoms with Crippen molar-refractivity contribution in [2.45, 2.75) is 6.61 Å². The fraction of sp³-hybridized carbons (Fsp3) is 0.0455. The standard InChI is InChI=1S/C22H15Cl3N2O4/c23-17-4-1-5-18(24)16(17)12-31-14-8-6-13(7-9-14)11-19(22(29)30)27-21(28)15-3-2-10-26-20(15)25/h1-11H,12H2,(H,27,28)(H,29,30)/b19-11-. The lowest BCUT2D eigenvalue weighted by Crippen LogP contribution is -2.27. The Morgan fingerprint density at radius 3 is 2.29 bits per heavy atom. The molecule has 0 fully saturated rings. The predicted octanol–water partition coefficient (Wildman–Crippen LogP) is 5.48. The van der Waals surface area contributed by atoms with Gasteiger partial charge in [0.05, 0.1) is 5.56 Å². The van der Waals surface area contributed by atoms with Crippen LogP contribution in [0, 0.1) is 0 Å². The van der Waals surface area contributed by atoms with Crippen LogP contribution < -0.4 is 10.1 Å². The summed E-state index contributed by atoms with van der Waals surface area (Å²) >= 11 is 18.1. The lowest BCUT2D eigenvalue weighted by atomic mass is 10.1. The van der Waals surface area contributed by atoms with Gasteiger partial charge in [-0.15, -0.1) is 0 Å². The van der Waals surface area contributed by atoms with E-state index in [1.165, 1.54) is 24.4 Å². The minimum Gasteiger partial charge on any atom is -0.489 e. The van der Waals surface area contributed by atoms with Crippen molar-refractivity contribution >= 4 is 52.8 Å². The monoisotopic (exact) mass is 476 g/mol. The first kappa shape index (κ1) is 22.6. The third kappa shape index (κ3) is 5.98. The molecule has 0 unspecified atom stereocenters. The summed E-state index contributed by atoms with van der Waals surface area (Å²) in [6.45, 7) is 0.177. The first-order valence-corrected chi connectivity index (χ1v) is 10.0. The van der Waals surface area contributed by atoms with Crippen molar-refractivity contribution in [1.29, 1.82) is 0 Å². The molecule has 1 amide bonds. The Balaban J connectivity index is 1.71. The number of ether oxygens (including phenoxy) is 1. The summed E-state index contributed by atoms with van der Waals surface area (Å²) in [6.07, 6.45) is 2.75. The number of carbonyl (C=O) groups is 2. The molecule has 3 rings (SSSR count). The Kier molecular flexibility index (Phi) is 7.52. The van der Waals surface area contributed by atoms with Gasteiger partial charge in [-0.1, -0.05) is 53.0 Å². The third-order valence-corrected chi connectivity index (χ3v) is 5.13. The van der Waals surface area contributed by atoms with Gasteiger partial charge < -0.3 is 15.2 Å². The molecule has 0 aliphatic carbocycles. The second kappa shape index (κ2) is 10.3. The van der Waals surface area contributed by atoms with E-state index >= 15 is 0 Å². The van der Waals surface area contributed by atoms with Crippen LogP contribution in [0.25, 0.3) is 6.08 Å². The van der Waals surface area contributed by atoms with E-state index in [9.17, 15) is 14.7 Å². The van der Waals surface area contributed by atoms with Crippen molar-refractivity contribution in [2.75, 3.05) is 0 Å². The second-order valence-electron chi connectivity index (χ2n) is 6.22. The van der Waals surface area contributed by atoms with Gasteiger partial charge in [0.2, 0.25) is 0 Å². The molecule has 31 heavy (non-hydrogen) atoms. The Bertz CT molecular complexity index is 1130. The maximum absolute atomic E-state index is 12.3. The number of carboxylic acid groups (broad SMARTS) is 1. The number of hydrogen-bond acceptors (Lipinski definition) is 4. The van der Waals surface area contributed by atoms with Crippen LogP contribution in [-0.2, 0) is 11.4 Å². The van der Waals surface area contributed by atoms with Crippen LogP contribution in [0.5, 0.6) is 5.75 Å². The Hall–Kier alpha value is -3.06. The van der Waals surface area contributed by atoms with Crippen LogP contribution >= 0.6 is 34.8 Å². The highest BCUT2D eigenvalue weighted by Gasteiger charge is 2.16. The minimum absolute atomic E-state index is 0.0233. The lowest BCUT2D eigenvalue weighted by molar-refractivity contribution is -0.132. The smallest absolute Gasteiger partial charge is 0.352 e. The number of nitrogens with zero attached hydrogens (tertiary/aromatic N) is 1. The van der Waals surface area contributed by atoms with E-state index in [2.05, 4.69) is 10.3 Å². The van der Waals surface area contributed by atoms with Crippen LogP contribution in [0.3, 0.4) is 0 Å². The van der Waals surface area contributed by atoms with Crippen LogP contribution in [0.4, 0.5) is 0 Å². The SMILES string of the molecule is O=C(O)/C(=C/c1ccc(OCc2c(Cl)cccc2Cl)cc1)NC(=O)c1cccnc1Cl. The van der Waals surface area contributed by atoms with E-state index in [1.54, 1.807) is 42.5 Å². The predicted molar refractivity (Wildman–Crippen MR) is 120 cm³/mol. The summed E-state index contributed by atoms with van der Waals surface area (Å²) in [7, 11) is 0. The van der Waals surface area contributed by atoms with E-state index in [0.717, 1.165) is 0 Å². The maximum atomic E-state index is 12.3.